The molecule has 36 heavy (non-hydrogen) atoms. The lowest BCUT2D eigenvalue weighted by Crippen LogP contribution is -2.43. The molecule has 2 saturated carbocycles. The third-order valence-electron chi connectivity index (χ3n) is 8.81. The molecule has 2 aromatic carbocycles. The molecule has 0 bridgehead atoms. The van der Waals surface area contributed by atoms with E-state index in [1.54, 1.807) is 0 Å². The van der Waals surface area contributed by atoms with Crippen molar-refractivity contribution in [3.8, 4) is 0 Å². The molecule has 5 heteroatoms. The molecule has 3 aliphatic rings. The molecule has 1 heterocycles. The van der Waals surface area contributed by atoms with Gasteiger partial charge in [0.15, 0.2) is 0 Å². The van der Waals surface area contributed by atoms with Crippen molar-refractivity contribution in [2.45, 2.75) is 93.6 Å². The third kappa shape index (κ3) is 6.16. The molecule has 0 aromatic heterocycles. The molecule has 3 fully saturated rings. The molecule has 0 spiro atoms. The zero-order chi connectivity index (χ0) is 24.7. The van der Waals surface area contributed by atoms with Crippen molar-refractivity contribution >= 4 is 32.5 Å². The summed E-state index contributed by atoms with van der Waals surface area (Å²) in [6.45, 7) is 0.982. The summed E-state index contributed by atoms with van der Waals surface area (Å²) in [5, 5.41) is 5.87. The Hall–Kier alpha value is -1.43. The number of amides is 2. The largest absolute Gasteiger partial charge is 0.341 e. The van der Waals surface area contributed by atoms with Crippen molar-refractivity contribution in [3.05, 3.63) is 60.7 Å². The van der Waals surface area contributed by atoms with Gasteiger partial charge in [-0.25, -0.2) is 4.79 Å². The van der Waals surface area contributed by atoms with Crippen LogP contribution >= 0.6 is 15.8 Å². The fourth-order valence-electron chi connectivity index (χ4n) is 7.11. The van der Waals surface area contributed by atoms with Crippen LogP contribution in [0.25, 0.3) is 0 Å². The number of carbonyl (C=O) groups excluding carboxylic acids is 1. The average molecular weight is 523 g/mol. The lowest BCUT2D eigenvalue weighted by Gasteiger charge is -2.42. The van der Waals surface area contributed by atoms with Gasteiger partial charge in [-0.3, -0.25) is 0 Å². The fourth-order valence-corrected chi connectivity index (χ4v) is 14.2. The highest BCUT2D eigenvalue weighted by Gasteiger charge is 2.44. The van der Waals surface area contributed by atoms with E-state index >= 15 is 0 Å². The third-order valence-corrected chi connectivity index (χ3v) is 15.4. The molecule has 1 aliphatic heterocycles. The Kier molecular flexibility index (Phi) is 9.37. The predicted octanol–water partition coefficient (Wildman–Crippen LogP) is 7.05. The molecule has 2 aromatic rings. The van der Waals surface area contributed by atoms with Gasteiger partial charge in [-0.05, 0) is 73.8 Å². The number of nitrogens with one attached hydrogen (secondary N) is 1. The summed E-state index contributed by atoms with van der Waals surface area (Å²) in [5.74, 6) is 0. The monoisotopic (exact) mass is 522 g/mol. The Labute approximate surface area is 221 Å². The van der Waals surface area contributed by atoms with Gasteiger partial charge in [-0.15, -0.1) is 0 Å². The van der Waals surface area contributed by atoms with Crippen LogP contribution in [0, 0.1) is 0 Å². The molecule has 2 atom stereocenters. The second-order valence-electron chi connectivity index (χ2n) is 11.1. The van der Waals surface area contributed by atoms with E-state index in [4.69, 9.17) is 0 Å². The Bertz CT molecular complexity index is 886. The summed E-state index contributed by atoms with van der Waals surface area (Å²) in [7, 11) is 1.29. The van der Waals surface area contributed by atoms with E-state index in [1.807, 2.05) is 7.05 Å². The minimum Gasteiger partial charge on any atom is -0.341 e. The summed E-state index contributed by atoms with van der Waals surface area (Å²) in [5.41, 5.74) is 2.60. The van der Waals surface area contributed by atoms with Gasteiger partial charge in [-0.2, -0.15) is 0 Å². The minimum absolute atomic E-state index is 0.0291. The maximum Gasteiger partial charge on any atom is 0.317 e. The Balaban J connectivity index is 1.42. The first-order chi connectivity index (χ1) is 17.7. The van der Waals surface area contributed by atoms with Crippen LogP contribution in [0.3, 0.4) is 0 Å². The number of nitrogens with zero attached hydrogens (tertiary/aromatic N) is 1. The van der Waals surface area contributed by atoms with Crippen LogP contribution in [0.2, 0.25) is 0 Å². The summed E-state index contributed by atoms with van der Waals surface area (Å²) in [6.07, 6.45) is 16.7. The molecule has 3 nitrogen and oxygen atoms in total. The highest BCUT2D eigenvalue weighted by atomic mass is 31.1. The van der Waals surface area contributed by atoms with Gasteiger partial charge in [0.05, 0.1) is 0 Å². The minimum atomic E-state index is -0.500. The maximum absolute atomic E-state index is 13.2. The van der Waals surface area contributed by atoms with Crippen molar-refractivity contribution in [2.75, 3.05) is 19.8 Å². The number of hydrogen-bond acceptors (Lipinski definition) is 1. The van der Waals surface area contributed by atoms with E-state index < -0.39 is 7.92 Å². The van der Waals surface area contributed by atoms with E-state index in [9.17, 15) is 4.79 Å². The smallest absolute Gasteiger partial charge is 0.317 e. The predicted molar refractivity (Wildman–Crippen MR) is 158 cm³/mol. The topological polar surface area (TPSA) is 32.3 Å². The number of hydrogen-bond donors (Lipinski definition) is 1. The summed E-state index contributed by atoms with van der Waals surface area (Å²) >= 11 is 0. The Morgan fingerprint density at radius 2 is 1.28 bits per heavy atom. The highest BCUT2D eigenvalue weighted by molar-refractivity contribution is 7.73. The van der Waals surface area contributed by atoms with Gasteiger partial charge in [0.2, 0.25) is 0 Å². The standard InChI is InChI=1S/C31H44N2OP2/c1-32-31(34)33-23-30(36(28-18-10-4-11-19-28)29-20-12-5-13-21-29)22-25(33)24-35(26-14-6-2-7-15-26)27-16-8-3-9-17-27/h2-3,6-9,14-17,25,28-30H,4-5,10-13,18-24H2,1H3,(H,32,34)/t25-,30+/m0/s1. The van der Waals surface area contributed by atoms with Gasteiger partial charge in [0, 0.05) is 19.6 Å². The number of urea groups is 1. The average Bonchev–Trinajstić information content (AvgIpc) is 3.37. The molecule has 1 saturated heterocycles. The lowest BCUT2D eigenvalue weighted by atomic mass is 9.99. The lowest BCUT2D eigenvalue weighted by molar-refractivity contribution is 0.199. The summed E-state index contributed by atoms with van der Waals surface area (Å²) in [6, 6.07) is 22.6. The first-order valence-corrected chi connectivity index (χ1v) is 17.5. The summed E-state index contributed by atoms with van der Waals surface area (Å²) < 4.78 is 0. The van der Waals surface area contributed by atoms with Gasteiger partial charge < -0.3 is 10.2 Å². The van der Waals surface area contributed by atoms with Crippen molar-refractivity contribution < 1.29 is 4.79 Å². The van der Waals surface area contributed by atoms with Crippen LogP contribution in [0.1, 0.15) is 70.6 Å². The number of benzene rings is 2. The van der Waals surface area contributed by atoms with E-state index in [1.165, 1.54) is 81.2 Å². The van der Waals surface area contributed by atoms with Crippen LogP contribution in [0.15, 0.2) is 60.7 Å². The zero-order valence-electron chi connectivity index (χ0n) is 22.0. The van der Waals surface area contributed by atoms with Gasteiger partial charge in [0.25, 0.3) is 0 Å². The van der Waals surface area contributed by atoms with E-state index in [0.29, 0.717) is 6.04 Å². The molecule has 5 rings (SSSR count). The van der Waals surface area contributed by atoms with Crippen LogP contribution in [0.4, 0.5) is 4.79 Å². The van der Waals surface area contributed by atoms with Crippen molar-refractivity contribution in [1.29, 1.82) is 0 Å². The maximum atomic E-state index is 13.2. The van der Waals surface area contributed by atoms with E-state index in [-0.39, 0.29) is 14.0 Å². The van der Waals surface area contributed by atoms with Gasteiger partial charge in [0.1, 0.15) is 0 Å². The quantitative estimate of drug-likeness (QED) is 0.389. The summed E-state index contributed by atoms with van der Waals surface area (Å²) in [4.78, 5) is 15.5. The molecule has 0 unspecified atom stereocenters. The molecular weight excluding hydrogens is 478 g/mol. The van der Waals surface area contributed by atoms with Crippen LogP contribution < -0.4 is 15.9 Å². The molecular formula is C31H44N2OP2. The SMILES string of the molecule is CNC(=O)N1C[C@H](P(C2CCCCC2)C2CCCCC2)C[C@H]1CP(c1ccccc1)c1ccccc1. The number of rotatable bonds is 7. The van der Waals surface area contributed by atoms with Crippen LogP contribution in [-0.2, 0) is 0 Å². The normalized spacial score (nSPS) is 23.9. The van der Waals surface area contributed by atoms with Crippen LogP contribution in [0.5, 0.6) is 0 Å². The number of likely N-dealkylation sites (tertiary alicyclic amines) is 1. The van der Waals surface area contributed by atoms with Crippen molar-refractivity contribution in [2.24, 2.45) is 0 Å². The Morgan fingerprint density at radius 1 is 0.778 bits per heavy atom. The molecule has 1 N–H and O–H groups in total. The molecule has 0 radical (unpaired) electrons. The second kappa shape index (κ2) is 12.9. The van der Waals surface area contributed by atoms with Gasteiger partial charge >= 0.3 is 6.03 Å². The highest BCUT2D eigenvalue weighted by Crippen LogP contribution is 2.61. The molecule has 2 amide bonds. The van der Waals surface area contributed by atoms with E-state index in [0.717, 1.165) is 29.7 Å². The second-order valence-corrected chi connectivity index (χ2v) is 16.4. The van der Waals surface area contributed by atoms with E-state index in [2.05, 4.69) is 70.9 Å². The zero-order valence-corrected chi connectivity index (χ0v) is 23.8. The molecule has 2 aliphatic carbocycles. The first kappa shape index (κ1) is 26.2. The Morgan fingerprint density at radius 3 is 1.75 bits per heavy atom. The molecule has 194 valence electrons. The number of carbonyl (C=O) groups is 1. The first-order valence-electron chi connectivity index (χ1n) is 14.4. The fraction of sp³-hybridized carbons (Fsp3) is 0.581. The van der Waals surface area contributed by atoms with Crippen molar-refractivity contribution in [3.63, 3.8) is 0 Å². The van der Waals surface area contributed by atoms with Crippen molar-refractivity contribution in [1.82, 2.24) is 10.2 Å². The van der Waals surface area contributed by atoms with Crippen LogP contribution in [-0.4, -0.2) is 53.7 Å². The van der Waals surface area contributed by atoms with Gasteiger partial charge in [-0.1, -0.05) is 107 Å².